The van der Waals surface area contributed by atoms with E-state index in [0.29, 0.717) is 18.4 Å². The first-order chi connectivity index (χ1) is 15.3. The van der Waals surface area contributed by atoms with Crippen LogP contribution in [-0.4, -0.2) is 42.4 Å². The second kappa shape index (κ2) is 10.6. The summed E-state index contributed by atoms with van der Waals surface area (Å²) in [4.78, 5) is 38.1. The Hall–Kier alpha value is -2.93. The van der Waals surface area contributed by atoms with E-state index in [-0.39, 0.29) is 29.8 Å². The molecule has 1 aliphatic rings. The molecule has 2 heterocycles. The first kappa shape index (κ1) is 23.7. The molecule has 3 unspecified atom stereocenters. The Morgan fingerprint density at radius 3 is 2.59 bits per heavy atom. The topological polar surface area (TPSA) is 97.6 Å². The molecule has 2 aromatic rings. The van der Waals surface area contributed by atoms with Crippen LogP contribution in [0.15, 0.2) is 53.3 Å². The molecule has 7 nitrogen and oxygen atoms in total. The quantitative estimate of drug-likeness (QED) is 0.591. The molecular weight excluding hydrogens is 408 g/mol. The maximum absolute atomic E-state index is 13.2. The van der Waals surface area contributed by atoms with Crippen LogP contribution in [0.2, 0.25) is 0 Å². The van der Waals surface area contributed by atoms with E-state index in [0.717, 1.165) is 12.8 Å². The summed E-state index contributed by atoms with van der Waals surface area (Å²) < 4.78 is 10.5. The zero-order valence-corrected chi connectivity index (χ0v) is 18.9. The van der Waals surface area contributed by atoms with Crippen LogP contribution in [0.5, 0.6) is 0 Å². The second-order valence-electron chi connectivity index (χ2n) is 9.10. The molecule has 1 aromatic carbocycles. The number of amides is 2. The SMILES string of the molecule is CCC1OCC(=O)C1NC(=O)C(CC(C)(C)CCc1ccccc1)NC(=O)c1ccoc1. The van der Waals surface area contributed by atoms with Crippen LogP contribution in [0.25, 0.3) is 0 Å². The minimum atomic E-state index is -0.797. The van der Waals surface area contributed by atoms with Crippen molar-refractivity contribution >= 4 is 17.6 Å². The average molecular weight is 441 g/mol. The minimum Gasteiger partial charge on any atom is -0.472 e. The number of furan rings is 1. The van der Waals surface area contributed by atoms with Gasteiger partial charge < -0.3 is 19.8 Å². The van der Waals surface area contributed by atoms with Crippen molar-refractivity contribution in [2.45, 2.75) is 64.6 Å². The molecule has 0 radical (unpaired) electrons. The molecule has 2 N–H and O–H groups in total. The van der Waals surface area contributed by atoms with Crippen molar-refractivity contribution in [2.24, 2.45) is 5.41 Å². The van der Waals surface area contributed by atoms with Gasteiger partial charge in [-0.2, -0.15) is 0 Å². The van der Waals surface area contributed by atoms with Gasteiger partial charge in [0.1, 0.15) is 25.0 Å². The van der Waals surface area contributed by atoms with Gasteiger partial charge in [-0.1, -0.05) is 51.1 Å². The molecule has 32 heavy (non-hydrogen) atoms. The zero-order chi connectivity index (χ0) is 23.1. The molecule has 0 aliphatic carbocycles. The third-order valence-corrected chi connectivity index (χ3v) is 5.95. The van der Waals surface area contributed by atoms with E-state index in [1.54, 1.807) is 6.07 Å². The Bertz CT molecular complexity index is 908. The second-order valence-corrected chi connectivity index (χ2v) is 9.10. The maximum atomic E-state index is 13.2. The summed E-state index contributed by atoms with van der Waals surface area (Å²) in [5.41, 5.74) is 1.34. The molecule has 0 saturated carbocycles. The Kier molecular flexibility index (Phi) is 7.85. The van der Waals surface area contributed by atoms with Gasteiger partial charge in [-0.15, -0.1) is 0 Å². The van der Waals surface area contributed by atoms with E-state index in [4.69, 9.17) is 9.15 Å². The Balaban J connectivity index is 1.71. The Labute approximate surface area is 188 Å². The molecule has 3 rings (SSSR count). The highest BCUT2D eigenvalue weighted by Gasteiger charge is 2.38. The van der Waals surface area contributed by atoms with E-state index < -0.39 is 18.0 Å². The van der Waals surface area contributed by atoms with Gasteiger partial charge in [0, 0.05) is 0 Å². The molecule has 172 valence electrons. The van der Waals surface area contributed by atoms with E-state index >= 15 is 0 Å². The lowest BCUT2D eigenvalue weighted by Gasteiger charge is -2.31. The lowest BCUT2D eigenvalue weighted by Crippen LogP contribution is -2.54. The molecule has 0 bridgehead atoms. The number of aryl methyl sites for hydroxylation is 1. The smallest absolute Gasteiger partial charge is 0.255 e. The molecule has 3 atom stereocenters. The van der Waals surface area contributed by atoms with Gasteiger partial charge >= 0.3 is 0 Å². The monoisotopic (exact) mass is 440 g/mol. The number of hydrogen-bond donors (Lipinski definition) is 2. The van der Waals surface area contributed by atoms with E-state index in [1.807, 2.05) is 25.1 Å². The first-order valence-corrected chi connectivity index (χ1v) is 11.1. The summed E-state index contributed by atoms with van der Waals surface area (Å²) in [6.45, 7) is 6.07. The van der Waals surface area contributed by atoms with Crippen LogP contribution in [0.4, 0.5) is 0 Å². The Morgan fingerprint density at radius 2 is 1.94 bits per heavy atom. The highest BCUT2D eigenvalue weighted by molar-refractivity contribution is 5.98. The van der Waals surface area contributed by atoms with Gasteiger partial charge in [-0.25, -0.2) is 0 Å². The van der Waals surface area contributed by atoms with E-state index in [2.05, 4.69) is 36.6 Å². The first-order valence-electron chi connectivity index (χ1n) is 11.1. The molecule has 1 saturated heterocycles. The van der Waals surface area contributed by atoms with Gasteiger partial charge in [0.05, 0.1) is 17.9 Å². The molecule has 1 aliphatic heterocycles. The fourth-order valence-corrected chi connectivity index (χ4v) is 3.99. The molecule has 7 heteroatoms. The minimum absolute atomic E-state index is 0.00192. The third-order valence-electron chi connectivity index (χ3n) is 5.95. The molecule has 2 amide bonds. The van der Waals surface area contributed by atoms with Gasteiger partial charge in [0.2, 0.25) is 5.91 Å². The summed E-state index contributed by atoms with van der Waals surface area (Å²) in [6, 6.07) is 10.2. The highest BCUT2D eigenvalue weighted by atomic mass is 16.5. The number of ketones is 1. The normalized spacial score (nSPS) is 19.5. The maximum Gasteiger partial charge on any atom is 0.255 e. The van der Waals surface area contributed by atoms with E-state index in [1.165, 1.54) is 18.1 Å². The van der Waals surface area contributed by atoms with E-state index in [9.17, 15) is 14.4 Å². The van der Waals surface area contributed by atoms with Gasteiger partial charge in [0.15, 0.2) is 5.78 Å². The number of rotatable bonds is 10. The van der Waals surface area contributed by atoms with Crippen LogP contribution >= 0.6 is 0 Å². The number of ether oxygens (including phenoxy) is 1. The molecule has 1 fully saturated rings. The summed E-state index contributed by atoms with van der Waals surface area (Å²) in [5, 5.41) is 5.66. The fourth-order valence-electron chi connectivity index (χ4n) is 3.99. The highest BCUT2D eigenvalue weighted by Crippen LogP contribution is 2.29. The summed E-state index contributed by atoms with van der Waals surface area (Å²) in [7, 11) is 0. The van der Waals surface area contributed by atoms with Gasteiger partial charge in [-0.3, -0.25) is 14.4 Å². The van der Waals surface area contributed by atoms with Crippen molar-refractivity contribution in [3.8, 4) is 0 Å². The van der Waals surface area contributed by atoms with Crippen LogP contribution in [0.3, 0.4) is 0 Å². The van der Waals surface area contributed by atoms with Crippen LogP contribution in [0, 0.1) is 5.41 Å². The number of nitrogens with one attached hydrogen (secondary N) is 2. The van der Waals surface area contributed by atoms with Gasteiger partial charge in [-0.05, 0) is 42.7 Å². The van der Waals surface area contributed by atoms with Crippen LogP contribution < -0.4 is 10.6 Å². The van der Waals surface area contributed by atoms with Crippen molar-refractivity contribution in [3.05, 3.63) is 60.1 Å². The predicted octanol–water partition coefficient (Wildman–Crippen LogP) is 3.29. The number of carbonyl (C=O) groups excluding carboxylic acids is 3. The van der Waals surface area contributed by atoms with Crippen molar-refractivity contribution < 1.29 is 23.5 Å². The number of carbonyl (C=O) groups is 3. The summed E-state index contributed by atoms with van der Waals surface area (Å²) in [6.07, 6.45) is 5.15. The largest absolute Gasteiger partial charge is 0.472 e. The molecular formula is C25H32N2O5. The third kappa shape index (κ3) is 6.29. The van der Waals surface area contributed by atoms with Crippen LogP contribution in [0.1, 0.15) is 56.0 Å². The van der Waals surface area contributed by atoms with Gasteiger partial charge in [0.25, 0.3) is 5.91 Å². The summed E-state index contributed by atoms with van der Waals surface area (Å²) in [5.74, 6) is -0.913. The zero-order valence-electron chi connectivity index (χ0n) is 18.9. The van der Waals surface area contributed by atoms with Crippen LogP contribution in [-0.2, 0) is 20.7 Å². The fraction of sp³-hybridized carbons (Fsp3) is 0.480. The lowest BCUT2D eigenvalue weighted by molar-refractivity contribution is -0.128. The van der Waals surface area contributed by atoms with Crippen molar-refractivity contribution in [2.75, 3.05) is 6.61 Å². The number of Topliss-reactive ketones (excluding diaryl/α,β-unsaturated/α-hetero) is 1. The van der Waals surface area contributed by atoms with Crippen molar-refractivity contribution in [1.29, 1.82) is 0 Å². The standard InChI is InChI=1S/C25H32N2O5/c1-4-21-22(20(28)16-32-21)27-24(30)19(26-23(29)18-11-13-31-15-18)14-25(2,3)12-10-17-8-6-5-7-9-17/h5-9,11,13,15,19,21-22H,4,10,12,14,16H2,1-3H3,(H,26,29)(H,27,30). The van der Waals surface area contributed by atoms with Crippen molar-refractivity contribution in [1.82, 2.24) is 10.6 Å². The summed E-state index contributed by atoms with van der Waals surface area (Å²) >= 11 is 0. The number of benzene rings is 1. The Morgan fingerprint density at radius 1 is 1.19 bits per heavy atom. The predicted molar refractivity (Wildman–Crippen MR) is 120 cm³/mol. The lowest BCUT2D eigenvalue weighted by atomic mass is 9.80. The molecule has 1 aromatic heterocycles. The number of hydrogen-bond acceptors (Lipinski definition) is 5. The molecule has 0 spiro atoms. The van der Waals surface area contributed by atoms with Crippen molar-refractivity contribution in [3.63, 3.8) is 0 Å². The average Bonchev–Trinajstić information content (AvgIpc) is 3.43.